The summed E-state index contributed by atoms with van der Waals surface area (Å²) in [4.78, 5) is 48.6. The smallest absolute Gasteiger partial charge is 0.312 e. The van der Waals surface area contributed by atoms with E-state index < -0.39 is 22.9 Å². The van der Waals surface area contributed by atoms with Crippen LogP contribution in [0.25, 0.3) is 0 Å². The van der Waals surface area contributed by atoms with Crippen LogP contribution in [0.15, 0.2) is 60.7 Å². The Morgan fingerprint density at radius 1 is 0.737 bits per heavy atom. The van der Waals surface area contributed by atoms with Crippen molar-refractivity contribution < 1.29 is 29.0 Å². The number of rotatable bonds is 17. The van der Waals surface area contributed by atoms with E-state index in [1.165, 1.54) is 0 Å². The molecule has 0 fully saturated rings. The molecule has 0 radical (unpaired) electrons. The molecule has 1 atom stereocenters. The number of carbonyl (C=O) groups is 4. The summed E-state index contributed by atoms with van der Waals surface area (Å²) in [6.07, 6.45) is 2.61. The summed E-state index contributed by atoms with van der Waals surface area (Å²) in [6.45, 7) is 7.68. The minimum absolute atomic E-state index is 0.00707. The summed E-state index contributed by atoms with van der Waals surface area (Å²) in [5.74, 6) is -1.20. The number of carbonyl (C=O) groups excluding carboxylic acids is 3. The van der Waals surface area contributed by atoms with Crippen molar-refractivity contribution in [3.05, 3.63) is 71.8 Å². The van der Waals surface area contributed by atoms with Crippen molar-refractivity contribution in [1.29, 1.82) is 0 Å². The highest BCUT2D eigenvalue weighted by Crippen LogP contribution is 2.44. The van der Waals surface area contributed by atoms with Gasteiger partial charge in [-0.2, -0.15) is 0 Å². The third-order valence-electron chi connectivity index (χ3n) is 7.69. The molecule has 0 saturated carbocycles. The lowest BCUT2D eigenvalue weighted by Crippen LogP contribution is -2.41. The van der Waals surface area contributed by atoms with E-state index >= 15 is 0 Å². The molecule has 6 heteroatoms. The van der Waals surface area contributed by atoms with Crippen LogP contribution in [0, 0.1) is 10.8 Å². The van der Waals surface area contributed by atoms with Gasteiger partial charge in [-0.3, -0.25) is 19.2 Å². The van der Waals surface area contributed by atoms with Gasteiger partial charge < -0.3 is 9.84 Å². The fraction of sp³-hybridized carbons (Fsp3) is 0.500. The second-order valence-electron chi connectivity index (χ2n) is 11.2. The lowest BCUT2D eigenvalue weighted by molar-refractivity contribution is -0.168. The number of hydrogen-bond donors (Lipinski definition) is 1. The lowest BCUT2D eigenvalue weighted by Gasteiger charge is -2.40. The second-order valence-corrected chi connectivity index (χ2v) is 11.2. The quantitative estimate of drug-likeness (QED) is 0.179. The Labute approximate surface area is 226 Å². The third-order valence-corrected chi connectivity index (χ3v) is 7.69. The van der Waals surface area contributed by atoms with Crippen molar-refractivity contribution in [2.75, 3.05) is 0 Å². The van der Waals surface area contributed by atoms with Gasteiger partial charge in [0.2, 0.25) is 0 Å². The fourth-order valence-corrected chi connectivity index (χ4v) is 4.17. The molecule has 0 amide bonds. The first-order valence-corrected chi connectivity index (χ1v) is 13.5. The summed E-state index contributed by atoms with van der Waals surface area (Å²) in [7, 11) is 0. The number of ketones is 2. The molecule has 6 nitrogen and oxygen atoms in total. The first-order valence-electron chi connectivity index (χ1n) is 13.5. The zero-order valence-electron chi connectivity index (χ0n) is 23.2. The van der Waals surface area contributed by atoms with Crippen LogP contribution < -0.4 is 0 Å². The molecule has 0 aliphatic carbocycles. The van der Waals surface area contributed by atoms with Crippen LogP contribution in [0.5, 0.6) is 0 Å². The average Bonchev–Trinajstić information content (AvgIpc) is 2.89. The summed E-state index contributed by atoms with van der Waals surface area (Å²) < 4.78 is 6.13. The molecule has 1 unspecified atom stereocenters. The van der Waals surface area contributed by atoms with E-state index in [0.29, 0.717) is 32.1 Å². The maximum absolute atomic E-state index is 13.5. The third kappa shape index (κ3) is 9.88. The Morgan fingerprint density at radius 2 is 1.26 bits per heavy atom. The molecule has 2 aromatic rings. The van der Waals surface area contributed by atoms with Gasteiger partial charge in [0, 0.05) is 38.5 Å². The van der Waals surface area contributed by atoms with Crippen molar-refractivity contribution in [1.82, 2.24) is 0 Å². The fourth-order valence-electron chi connectivity index (χ4n) is 4.17. The maximum Gasteiger partial charge on any atom is 0.312 e. The summed E-state index contributed by atoms with van der Waals surface area (Å²) in [5.41, 5.74) is 0.639. The Bertz CT molecular complexity index is 1060. The maximum atomic E-state index is 13.5. The first-order chi connectivity index (χ1) is 17.9. The molecule has 38 heavy (non-hydrogen) atoms. The SMILES string of the molecule is CC(C)(CCC(=O)CCC(=O)CCCCC(=O)O)C(C)(C)C(=O)OC(Cc1ccccc1)c1ccccc1. The number of hydrogen-bond acceptors (Lipinski definition) is 5. The van der Waals surface area contributed by atoms with Crippen LogP contribution >= 0.6 is 0 Å². The number of carboxylic acids is 1. The zero-order valence-corrected chi connectivity index (χ0v) is 23.2. The molecule has 206 valence electrons. The van der Waals surface area contributed by atoms with Gasteiger partial charge in [0.1, 0.15) is 17.7 Å². The second kappa shape index (κ2) is 14.6. The highest BCUT2D eigenvalue weighted by Gasteiger charge is 2.45. The van der Waals surface area contributed by atoms with Crippen molar-refractivity contribution >= 4 is 23.5 Å². The molecule has 2 rings (SSSR count). The molecule has 0 aromatic heterocycles. The molecular formula is C32H42O6. The van der Waals surface area contributed by atoms with E-state index in [2.05, 4.69) is 0 Å². The molecule has 0 heterocycles. The number of unbranched alkanes of at least 4 members (excludes halogenated alkanes) is 1. The summed E-state index contributed by atoms with van der Waals surface area (Å²) in [6, 6.07) is 19.7. The van der Waals surface area contributed by atoms with Crippen LogP contribution in [0.2, 0.25) is 0 Å². The van der Waals surface area contributed by atoms with Gasteiger partial charge in [-0.1, -0.05) is 74.5 Å². The predicted octanol–water partition coefficient (Wildman–Crippen LogP) is 6.91. The van der Waals surface area contributed by atoms with Crippen molar-refractivity contribution in [2.24, 2.45) is 10.8 Å². The zero-order chi connectivity index (χ0) is 28.2. The highest BCUT2D eigenvalue weighted by molar-refractivity contribution is 5.86. The predicted molar refractivity (Wildman–Crippen MR) is 148 cm³/mol. The van der Waals surface area contributed by atoms with Gasteiger partial charge in [-0.15, -0.1) is 0 Å². The van der Waals surface area contributed by atoms with E-state index in [0.717, 1.165) is 11.1 Å². The standard InChI is InChI=1S/C32H42O6/c1-31(2,22-21-27(34)20-19-26(33)17-11-12-18-29(35)36)32(3,4)30(37)38-28(25-15-9-6-10-16-25)23-24-13-7-5-8-14-24/h5-10,13-16,28H,11-12,17-23H2,1-4H3,(H,35,36). The summed E-state index contributed by atoms with van der Waals surface area (Å²) in [5, 5.41) is 8.67. The minimum Gasteiger partial charge on any atom is -0.481 e. The van der Waals surface area contributed by atoms with Gasteiger partial charge in [-0.05, 0) is 49.7 Å². The van der Waals surface area contributed by atoms with E-state index in [1.807, 2.05) is 88.4 Å². The van der Waals surface area contributed by atoms with Gasteiger partial charge in [-0.25, -0.2) is 0 Å². The molecule has 0 bridgehead atoms. The largest absolute Gasteiger partial charge is 0.481 e. The van der Waals surface area contributed by atoms with E-state index in [1.54, 1.807) is 0 Å². The number of carboxylic acid groups (broad SMARTS) is 1. The Hall–Kier alpha value is -3.28. The average molecular weight is 523 g/mol. The van der Waals surface area contributed by atoms with Crippen molar-refractivity contribution in [2.45, 2.75) is 91.6 Å². The van der Waals surface area contributed by atoms with Crippen LogP contribution in [0.3, 0.4) is 0 Å². The van der Waals surface area contributed by atoms with Crippen LogP contribution in [0.4, 0.5) is 0 Å². The number of esters is 1. The van der Waals surface area contributed by atoms with Crippen LogP contribution in [-0.2, 0) is 30.3 Å². The Kier molecular flexibility index (Phi) is 11.9. The van der Waals surface area contributed by atoms with Crippen molar-refractivity contribution in [3.63, 3.8) is 0 Å². The van der Waals surface area contributed by atoms with Gasteiger partial charge in [0.15, 0.2) is 0 Å². The van der Waals surface area contributed by atoms with Gasteiger partial charge in [0.05, 0.1) is 5.41 Å². The first kappa shape index (κ1) is 30.9. The van der Waals surface area contributed by atoms with E-state index in [9.17, 15) is 19.2 Å². The lowest BCUT2D eigenvalue weighted by atomic mass is 9.65. The van der Waals surface area contributed by atoms with E-state index in [4.69, 9.17) is 9.84 Å². The van der Waals surface area contributed by atoms with Gasteiger partial charge in [0.25, 0.3) is 0 Å². The monoisotopic (exact) mass is 522 g/mol. The molecule has 0 saturated heterocycles. The van der Waals surface area contributed by atoms with Crippen LogP contribution in [0.1, 0.15) is 96.3 Å². The Morgan fingerprint density at radius 3 is 1.84 bits per heavy atom. The number of aliphatic carboxylic acids is 1. The van der Waals surface area contributed by atoms with Crippen LogP contribution in [-0.4, -0.2) is 28.6 Å². The minimum atomic E-state index is -0.867. The molecule has 2 aromatic carbocycles. The van der Waals surface area contributed by atoms with E-state index in [-0.39, 0.29) is 43.2 Å². The normalized spacial score (nSPS) is 12.5. The summed E-state index contributed by atoms with van der Waals surface area (Å²) >= 11 is 0. The molecular weight excluding hydrogens is 480 g/mol. The molecule has 0 aliphatic rings. The topological polar surface area (TPSA) is 97.7 Å². The molecule has 0 aliphatic heterocycles. The van der Waals surface area contributed by atoms with Crippen molar-refractivity contribution in [3.8, 4) is 0 Å². The number of benzene rings is 2. The number of ether oxygens (including phenoxy) is 1. The molecule has 0 spiro atoms. The number of Topliss-reactive ketones (excluding diaryl/α,β-unsaturated/α-hetero) is 2. The van der Waals surface area contributed by atoms with Gasteiger partial charge >= 0.3 is 11.9 Å². The Balaban J connectivity index is 1.93. The highest BCUT2D eigenvalue weighted by atomic mass is 16.5. The molecule has 1 N–H and O–H groups in total.